The van der Waals surface area contributed by atoms with E-state index in [1.54, 1.807) is 12.1 Å². The van der Waals surface area contributed by atoms with E-state index in [1.165, 1.54) is 31.5 Å². The van der Waals surface area contributed by atoms with Crippen LogP contribution in [0.2, 0.25) is 0 Å². The van der Waals surface area contributed by atoms with Crippen LogP contribution in [0.1, 0.15) is 34.7 Å². The maximum atomic E-state index is 14.4. The second-order valence-corrected chi connectivity index (χ2v) is 6.70. The average Bonchev–Trinajstić information content (AvgIpc) is 2.77. The number of hydrogen-bond donors (Lipinski definition) is 3. The number of halogens is 4. The molecule has 168 valence electrons. The zero-order valence-corrected chi connectivity index (χ0v) is 16.7. The molecule has 10 heteroatoms. The van der Waals surface area contributed by atoms with Gasteiger partial charge in [-0.05, 0) is 35.9 Å². The van der Waals surface area contributed by atoms with Crippen LogP contribution >= 0.6 is 0 Å². The molecule has 3 rings (SSSR count). The maximum absolute atomic E-state index is 14.4. The molecule has 0 radical (unpaired) electrons. The number of amides is 2. The van der Waals surface area contributed by atoms with Gasteiger partial charge in [0.1, 0.15) is 17.6 Å². The third kappa shape index (κ3) is 5.40. The number of anilines is 1. The van der Waals surface area contributed by atoms with Crippen molar-refractivity contribution in [2.24, 2.45) is 0 Å². The van der Waals surface area contributed by atoms with Gasteiger partial charge in [-0.15, -0.1) is 0 Å². The first-order chi connectivity index (χ1) is 15.2. The molecule has 2 amide bonds. The van der Waals surface area contributed by atoms with Crippen LogP contribution in [0.25, 0.3) is 0 Å². The number of urea groups is 1. The minimum absolute atomic E-state index is 0.173. The SMILES string of the molecule is COC(O)c1ccccc1NC(=O)NC(c1ccc(C(F)(F)F)cc1)c1ncccc1F. The molecule has 0 aliphatic heterocycles. The van der Waals surface area contributed by atoms with Gasteiger partial charge >= 0.3 is 12.2 Å². The van der Waals surface area contributed by atoms with Crippen molar-refractivity contribution in [2.45, 2.75) is 18.5 Å². The fourth-order valence-electron chi connectivity index (χ4n) is 3.03. The molecule has 0 saturated carbocycles. The molecular weight excluding hydrogens is 430 g/mol. The first-order valence-electron chi connectivity index (χ1n) is 9.35. The first kappa shape index (κ1) is 23.2. The Morgan fingerprint density at radius 3 is 2.38 bits per heavy atom. The molecule has 2 atom stereocenters. The lowest BCUT2D eigenvalue weighted by molar-refractivity contribution is -0.137. The summed E-state index contributed by atoms with van der Waals surface area (Å²) in [4.78, 5) is 16.6. The van der Waals surface area contributed by atoms with Gasteiger partial charge in [0.05, 0.1) is 11.3 Å². The van der Waals surface area contributed by atoms with Crippen molar-refractivity contribution in [3.63, 3.8) is 0 Å². The summed E-state index contributed by atoms with van der Waals surface area (Å²) in [6.07, 6.45) is -4.54. The van der Waals surface area contributed by atoms with Crippen molar-refractivity contribution in [2.75, 3.05) is 12.4 Å². The topological polar surface area (TPSA) is 83.5 Å². The highest BCUT2D eigenvalue weighted by molar-refractivity contribution is 5.90. The highest BCUT2D eigenvalue weighted by Crippen LogP contribution is 2.31. The van der Waals surface area contributed by atoms with Crippen molar-refractivity contribution in [3.05, 3.63) is 95.1 Å². The van der Waals surface area contributed by atoms with E-state index in [9.17, 15) is 27.5 Å². The fourth-order valence-corrected chi connectivity index (χ4v) is 3.03. The molecule has 0 aliphatic carbocycles. The normalized spacial score (nSPS) is 13.3. The summed E-state index contributed by atoms with van der Waals surface area (Å²) < 4.78 is 58.0. The Labute approximate surface area is 180 Å². The van der Waals surface area contributed by atoms with Crippen LogP contribution in [0.5, 0.6) is 0 Å². The Bertz CT molecular complexity index is 1070. The van der Waals surface area contributed by atoms with Gasteiger partial charge in [0.25, 0.3) is 0 Å². The zero-order valence-electron chi connectivity index (χ0n) is 16.7. The standard InChI is InChI=1S/C22H19F4N3O3/c1-32-20(30)15-5-2-3-7-17(15)28-21(31)29-18(19-16(23)6-4-12-27-19)13-8-10-14(11-9-13)22(24,25)26/h2-12,18,20,30H,1H3,(H2,28,29,31). The van der Waals surface area contributed by atoms with Gasteiger partial charge in [0.15, 0.2) is 6.29 Å². The van der Waals surface area contributed by atoms with E-state index < -0.39 is 35.9 Å². The number of para-hydroxylation sites is 1. The summed E-state index contributed by atoms with van der Waals surface area (Å²) in [6.45, 7) is 0. The third-order valence-electron chi connectivity index (χ3n) is 4.61. The van der Waals surface area contributed by atoms with Crippen molar-refractivity contribution >= 4 is 11.7 Å². The van der Waals surface area contributed by atoms with E-state index in [4.69, 9.17) is 4.74 Å². The quantitative estimate of drug-likeness (QED) is 0.373. The second kappa shape index (κ2) is 9.75. The van der Waals surface area contributed by atoms with Crippen LogP contribution < -0.4 is 10.6 Å². The first-order valence-corrected chi connectivity index (χ1v) is 9.35. The van der Waals surface area contributed by atoms with E-state index in [-0.39, 0.29) is 22.5 Å². The van der Waals surface area contributed by atoms with E-state index in [0.717, 1.165) is 30.3 Å². The molecule has 0 fully saturated rings. The number of alkyl halides is 3. The molecule has 3 aromatic rings. The van der Waals surface area contributed by atoms with Gasteiger partial charge in [0.2, 0.25) is 0 Å². The number of ether oxygens (including phenoxy) is 1. The number of nitrogens with zero attached hydrogens (tertiary/aromatic N) is 1. The molecule has 32 heavy (non-hydrogen) atoms. The molecule has 0 aliphatic rings. The molecule has 0 spiro atoms. The molecule has 1 aromatic heterocycles. The molecule has 3 N–H and O–H groups in total. The van der Waals surface area contributed by atoms with Crippen molar-refractivity contribution in [1.82, 2.24) is 10.3 Å². The number of methoxy groups -OCH3 is 1. The lowest BCUT2D eigenvalue weighted by Gasteiger charge is -2.21. The van der Waals surface area contributed by atoms with Crippen LogP contribution in [-0.4, -0.2) is 23.2 Å². The average molecular weight is 449 g/mol. The molecule has 0 saturated heterocycles. The fraction of sp³-hybridized carbons (Fsp3) is 0.182. The van der Waals surface area contributed by atoms with Gasteiger partial charge in [-0.1, -0.05) is 30.3 Å². The number of aromatic nitrogens is 1. The van der Waals surface area contributed by atoms with Crippen LogP contribution in [0, 0.1) is 5.82 Å². The Morgan fingerprint density at radius 1 is 1.06 bits per heavy atom. The summed E-state index contributed by atoms with van der Waals surface area (Å²) in [6, 6.07) is 10.8. The summed E-state index contributed by atoms with van der Waals surface area (Å²) >= 11 is 0. The van der Waals surface area contributed by atoms with Gasteiger partial charge in [-0.2, -0.15) is 13.2 Å². The van der Waals surface area contributed by atoms with E-state index in [0.29, 0.717) is 0 Å². The smallest absolute Gasteiger partial charge is 0.364 e. The van der Waals surface area contributed by atoms with Crippen molar-refractivity contribution < 1.29 is 32.2 Å². The predicted octanol–water partition coefficient (Wildman–Crippen LogP) is 4.79. The zero-order chi connectivity index (χ0) is 23.3. The van der Waals surface area contributed by atoms with Crippen LogP contribution in [0.15, 0.2) is 66.9 Å². The molecule has 6 nitrogen and oxygen atoms in total. The summed E-state index contributed by atoms with van der Waals surface area (Å²) in [5.41, 5.74) is -0.357. The lowest BCUT2D eigenvalue weighted by atomic mass is 10.0. The molecule has 2 aromatic carbocycles. The van der Waals surface area contributed by atoms with Crippen LogP contribution in [0.3, 0.4) is 0 Å². The predicted molar refractivity (Wildman–Crippen MR) is 108 cm³/mol. The monoisotopic (exact) mass is 449 g/mol. The number of nitrogens with one attached hydrogen (secondary N) is 2. The molecule has 2 unspecified atom stereocenters. The van der Waals surface area contributed by atoms with Crippen molar-refractivity contribution in [3.8, 4) is 0 Å². The summed E-state index contributed by atoms with van der Waals surface area (Å²) in [7, 11) is 1.28. The van der Waals surface area contributed by atoms with E-state index in [2.05, 4.69) is 15.6 Å². The van der Waals surface area contributed by atoms with Gasteiger partial charge in [-0.3, -0.25) is 4.98 Å². The lowest BCUT2D eigenvalue weighted by Crippen LogP contribution is -2.34. The highest BCUT2D eigenvalue weighted by Gasteiger charge is 2.31. The van der Waals surface area contributed by atoms with Gasteiger partial charge in [0, 0.05) is 18.9 Å². The van der Waals surface area contributed by atoms with E-state index >= 15 is 0 Å². The largest absolute Gasteiger partial charge is 0.416 e. The number of hydrogen-bond acceptors (Lipinski definition) is 4. The molecule has 1 heterocycles. The van der Waals surface area contributed by atoms with Gasteiger partial charge in [-0.25, -0.2) is 9.18 Å². The Hall–Kier alpha value is -3.50. The van der Waals surface area contributed by atoms with Crippen molar-refractivity contribution in [1.29, 1.82) is 0 Å². The Balaban J connectivity index is 1.91. The van der Waals surface area contributed by atoms with Gasteiger partial charge < -0.3 is 20.5 Å². The Morgan fingerprint density at radius 2 is 1.75 bits per heavy atom. The van der Waals surface area contributed by atoms with Crippen LogP contribution in [-0.2, 0) is 10.9 Å². The molecular formula is C22H19F4N3O3. The Kier molecular flexibility index (Phi) is 7.06. The summed E-state index contributed by atoms with van der Waals surface area (Å²) in [5, 5.41) is 15.0. The maximum Gasteiger partial charge on any atom is 0.416 e. The number of aliphatic hydroxyl groups is 1. The molecule has 0 bridgehead atoms. The number of carbonyl (C=O) groups is 1. The number of aliphatic hydroxyl groups excluding tert-OH is 1. The summed E-state index contributed by atoms with van der Waals surface area (Å²) in [5.74, 6) is -0.743. The number of benzene rings is 2. The van der Waals surface area contributed by atoms with E-state index in [1.807, 2.05) is 0 Å². The highest BCUT2D eigenvalue weighted by atomic mass is 19.4. The minimum Gasteiger partial charge on any atom is -0.364 e. The second-order valence-electron chi connectivity index (χ2n) is 6.70. The van der Waals surface area contributed by atoms with Crippen LogP contribution in [0.4, 0.5) is 28.0 Å². The number of rotatable bonds is 6. The number of carbonyl (C=O) groups excluding carboxylic acids is 1. The minimum atomic E-state index is -4.54. The number of pyridine rings is 1. The third-order valence-corrected chi connectivity index (χ3v) is 4.61.